The van der Waals surface area contributed by atoms with E-state index in [0.717, 1.165) is 42.6 Å². The van der Waals surface area contributed by atoms with Gasteiger partial charge in [0.1, 0.15) is 5.82 Å². The second-order valence-electron chi connectivity index (χ2n) is 4.77. The van der Waals surface area contributed by atoms with Crippen LogP contribution in [-0.2, 0) is 6.54 Å². The summed E-state index contributed by atoms with van der Waals surface area (Å²) >= 11 is 6.16. The number of anilines is 1. The van der Waals surface area contributed by atoms with E-state index < -0.39 is 0 Å². The highest BCUT2D eigenvalue weighted by Gasteiger charge is 2.07. The SMILES string of the molecule is CNc1ccc(Cl)c(CN(C)CCCN(C)C)n1. The van der Waals surface area contributed by atoms with Crippen LogP contribution < -0.4 is 5.32 Å². The number of pyridine rings is 1. The standard InChI is InChI=1S/C13H23ClN4/c1-15-13-7-6-11(14)12(16-13)10-18(4)9-5-8-17(2)3/h6-7H,5,8-10H2,1-4H3,(H,15,16). The van der Waals surface area contributed by atoms with Crippen molar-refractivity contribution in [2.45, 2.75) is 13.0 Å². The van der Waals surface area contributed by atoms with Crippen LogP contribution in [0.1, 0.15) is 12.1 Å². The molecule has 0 aliphatic heterocycles. The molecule has 0 aromatic carbocycles. The summed E-state index contributed by atoms with van der Waals surface area (Å²) in [5.41, 5.74) is 0.927. The maximum Gasteiger partial charge on any atom is 0.126 e. The third-order valence-corrected chi connectivity index (χ3v) is 3.08. The molecule has 18 heavy (non-hydrogen) atoms. The monoisotopic (exact) mass is 270 g/mol. The predicted molar refractivity (Wildman–Crippen MR) is 78.3 cm³/mol. The van der Waals surface area contributed by atoms with Crippen molar-refractivity contribution in [2.24, 2.45) is 0 Å². The Labute approximate surface area is 115 Å². The van der Waals surface area contributed by atoms with Crippen molar-refractivity contribution in [1.82, 2.24) is 14.8 Å². The van der Waals surface area contributed by atoms with Crippen LogP contribution in [0, 0.1) is 0 Å². The van der Waals surface area contributed by atoms with Gasteiger partial charge in [-0.2, -0.15) is 0 Å². The van der Waals surface area contributed by atoms with E-state index in [4.69, 9.17) is 11.6 Å². The molecule has 0 saturated carbocycles. The fraction of sp³-hybridized carbons (Fsp3) is 0.615. The van der Waals surface area contributed by atoms with Gasteiger partial charge in [-0.25, -0.2) is 4.98 Å². The minimum atomic E-state index is 0.730. The summed E-state index contributed by atoms with van der Waals surface area (Å²) in [6.07, 6.45) is 1.15. The van der Waals surface area contributed by atoms with Crippen molar-refractivity contribution < 1.29 is 0 Å². The van der Waals surface area contributed by atoms with Gasteiger partial charge in [0.2, 0.25) is 0 Å². The largest absolute Gasteiger partial charge is 0.373 e. The van der Waals surface area contributed by atoms with Crippen LogP contribution in [0.2, 0.25) is 5.02 Å². The lowest BCUT2D eigenvalue weighted by molar-refractivity contribution is 0.292. The van der Waals surface area contributed by atoms with E-state index in [-0.39, 0.29) is 0 Å². The lowest BCUT2D eigenvalue weighted by atomic mass is 10.3. The average Bonchev–Trinajstić information content (AvgIpc) is 2.31. The number of hydrogen-bond acceptors (Lipinski definition) is 4. The van der Waals surface area contributed by atoms with Crippen molar-refractivity contribution in [3.05, 3.63) is 22.8 Å². The van der Waals surface area contributed by atoms with E-state index >= 15 is 0 Å². The number of aromatic nitrogens is 1. The third-order valence-electron chi connectivity index (χ3n) is 2.74. The zero-order valence-electron chi connectivity index (χ0n) is 11.7. The molecule has 1 aromatic heterocycles. The van der Waals surface area contributed by atoms with Gasteiger partial charge in [-0.3, -0.25) is 0 Å². The van der Waals surface area contributed by atoms with Crippen molar-refractivity contribution in [1.29, 1.82) is 0 Å². The fourth-order valence-corrected chi connectivity index (χ4v) is 1.89. The van der Waals surface area contributed by atoms with E-state index in [2.05, 4.69) is 41.2 Å². The van der Waals surface area contributed by atoms with Crippen LogP contribution in [0.4, 0.5) is 5.82 Å². The van der Waals surface area contributed by atoms with Gasteiger partial charge in [0.25, 0.3) is 0 Å². The minimum absolute atomic E-state index is 0.730. The Bertz CT molecular complexity index is 368. The maximum absolute atomic E-state index is 6.16. The quantitative estimate of drug-likeness (QED) is 0.823. The van der Waals surface area contributed by atoms with Crippen LogP contribution in [-0.4, -0.2) is 56.1 Å². The molecule has 0 fully saturated rings. The van der Waals surface area contributed by atoms with Crippen molar-refractivity contribution >= 4 is 17.4 Å². The van der Waals surface area contributed by atoms with Crippen LogP contribution in [0.3, 0.4) is 0 Å². The molecule has 0 spiro atoms. The molecule has 0 aliphatic rings. The molecule has 0 bridgehead atoms. The first-order chi connectivity index (χ1) is 8.52. The summed E-state index contributed by atoms with van der Waals surface area (Å²) in [6.45, 7) is 2.92. The normalized spacial score (nSPS) is 11.3. The smallest absolute Gasteiger partial charge is 0.126 e. The Balaban J connectivity index is 2.50. The lowest BCUT2D eigenvalue weighted by Crippen LogP contribution is -2.24. The highest BCUT2D eigenvalue weighted by atomic mass is 35.5. The number of rotatable bonds is 7. The molecule has 0 aliphatic carbocycles. The zero-order valence-corrected chi connectivity index (χ0v) is 12.5. The number of hydrogen-bond donors (Lipinski definition) is 1. The van der Waals surface area contributed by atoms with Crippen LogP contribution in [0.25, 0.3) is 0 Å². The molecule has 0 amide bonds. The first-order valence-corrected chi connectivity index (χ1v) is 6.57. The second-order valence-corrected chi connectivity index (χ2v) is 5.18. The Morgan fingerprint density at radius 1 is 1.22 bits per heavy atom. The summed E-state index contributed by atoms with van der Waals surface area (Å²) in [5, 5.41) is 3.76. The highest BCUT2D eigenvalue weighted by Crippen LogP contribution is 2.17. The van der Waals surface area contributed by atoms with Gasteiger partial charge < -0.3 is 15.1 Å². The molecule has 0 radical (unpaired) electrons. The Morgan fingerprint density at radius 3 is 2.56 bits per heavy atom. The second kappa shape index (κ2) is 7.56. The summed E-state index contributed by atoms with van der Waals surface area (Å²) in [7, 11) is 8.14. The highest BCUT2D eigenvalue weighted by molar-refractivity contribution is 6.31. The zero-order chi connectivity index (χ0) is 13.5. The van der Waals surface area contributed by atoms with Crippen molar-refractivity contribution in [3.8, 4) is 0 Å². The number of halogens is 1. The molecule has 0 unspecified atom stereocenters. The van der Waals surface area contributed by atoms with E-state index in [1.807, 2.05) is 19.2 Å². The Hall–Kier alpha value is -0.840. The van der Waals surface area contributed by atoms with Gasteiger partial charge in [-0.15, -0.1) is 0 Å². The Morgan fingerprint density at radius 2 is 1.94 bits per heavy atom. The molecule has 4 nitrogen and oxygen atoms in total. The predicted octanol–water partition coefficient (Wildman–Crippen LogP) is 2.16. The number of nitrogens with one attached hydrogen (secondary N) is 1. The molecule has 0 atom stereocenters. The van der Waals surface area contributed by atoms with E-state index in [9.17, 15) is 0 Å². The summed E-state index contributed by atoms with van der Waals surface area (Å²) in [6, 6.07) is 3.78. The molecular weight excluding hydrogens is 248 g/mol. The first kappa shape index (κ1) is 15.2. The van der Waals surface area contributed by atoms with Crippen molar-refractivity contribution in [2.75, 3.05) is 46.6 Å². The van der Waals surface area contributed by atoms with E-state index in [1.54, 1.807) is 0 Å². The van der Waals surface area contributed by atoms with Gasteiger partial charge in [0, 0.05) is 13.6 Å². The molecule has 1 heterocycles. The van der Waals surface area contributed by atoms with E-state index in [1.165, 1.54) is 0 Å². The molecule has 0 saturated heterocycles. The van der Waals surface area contributed by atoms with Crippen LogP contribution >= 0.6 is 11.6 Å². The molecule has 1 aromatic rings. The molecule has 102 valence electrons. The average molecular weight is 271 g/mol. The Kier molecular flexibility index (Phi) is 6.39. The topological polar surface area (TPSA) is 31.4 Å². The summed E-state index contributed by atoms with van der Waals surface area (Å²) < 4.78 is 0. The minimum Gasteiger partial charge on any atom is -0.373 e. The first-order valence-electron chi connectivity index (χ1n) is 6.19. The van der Waals surface area contributed by atoms with Gasteiger partial charge in [-0.1, -0.05) is 11.6 Å². The molecule has 1 N–H and O–H groups in total. The van der Waals surface area contributed by atoms with Crippen molar-refractivity contribution in [3.63, 3.8) is 0 Å². The fourth-order valence-electron chi connectivity index (χ4n) is 1.73. The van der Waals surface area contributed by atoms with Gasteiger partial charge in [0.15, 0.2) is 0 Å². The lowest BCUT2D eigenvalue weighted by Gasteiger charge is -2.18. The molecule has 5 heteroatoms. The van der Waals surface area contributed by atoms with Gasteiger partial charge in [0.05, 0.1) is 10.7 Å². The number of nitrogens with zero attached hydrogens (tertiary/aromatic N) is 3. The molecule has 1 rings (SSSR count). The summed E-state index contributed by atoms with van der Waals surface area (Å²) in [5.74, 6) is 0.857. The maximum atomic E-state index is 6.16. The third kappa shape index (κ3) is 5.21. The van der Waals surface area contributed by atoms with Gasteiger partial charge in [-0.05, 0) is 52.8 Å². The van der Waals surface area contributed by atoms with Crippen LogP contribution in [0.5, 0.6) is 0 Å². The van der Waals surface area contributed by atoms with Crippen LogP contribution in [0.15, 0.2) is 12.1 Å². The van der Waals surface area contributed by atoms with Gasteiger partial charge >= 0.3 is 0 Å². The van der Waals surface area contributed by atoms with E-state index in [0.29, 0.717) is 0 Å². The molecular formula is C13H23ClN4. The summed E-state index contributed by atoms with van der Waals surface area (Å²) in [4.78, 5) is 8.92.